The van der Waals surface area contributed by atoms with Crippen LogP contribution in [-0.2, 0) is 0 Å². The van der Waals surface area contributed by atoms with Gasteiger partial charge < -0.3 is 15.5 Å². The normalized spacial score (nSPS) is 26.1. The van der Waals surface area contributed by atoms with Crippen LogP contribution in [-0.4, -0.2) is 44.2 Å². The minimum atomic E-state index is 0.360. The molecule has 1 aromatic carbocycles. The highest BCUT2D eigenvalue weighted by Gasteiger charge is 2.25. The van der Waals surface area contributed by atoms with Crippen molar-refractivity contribution >= 4 is 17.3 Å². The minimum absolute atomic E-state index is 0.360. The van der Waals surface area contributed by atoms with Crippen molar-refractivity contribution in [3.63, 3.8) is 0 Å². The fourth-order valence-corrected chi connectivity index (χ4v) is 2.96. The Bertz CT molecular complexity index is 396. The number of halogens is 1. The number of nitrogens with two attached hydrogens (primary N) is 1. The zero-order valence-electron chi connectivity index (χ0n) is 11.1. The summed E-state index contributed by atoms with van der Waals surface area (Å²) in [7, 11) is 2.17. The molecule has 1 fully saturated rings. The van der Waals surface area contributed by atoms with Gasteiger partial charge in [0, 0.05) is 36.9 Å². The quantitative estimate of drug-likeness (QED) is 0.890. The number of anilines is 1. The second-order valence-corrected chi connectivity index (χ2v) is 5.78. The van der Waals surface area contributed by atoms with E-state index in [1.807, 2.05) is 18.2 Å². The van der Waals surface area contributed by atoms with Crippen molar-refractivity contribution < 1.29 is 0 Å². The summed E-state index contributed by atoms with van der Waals surface area (Å²) in [6.45, 7) is 6.12. The van der Waals surface area contributed by atoms with Gasteiger partial charge >= 0.3 is 0 Å². The van der Waals surface area contributed by atoms with Crippen molar-refractivity contribution in [2.45, 2.75) is 13.0 Å². The topological polar surface area (TPSA) is 32.5 Å². The monoisotopic (exact) mass is 267 g/mol. The summed E-state index contributed by atoms with van der Waals surface area (Å²) in [6, 6.07) is 8.42. The van der Waals surface area contributed by atoms with E-state index in [4.69, 9.17) is 17.3 Å². The molecule has 0 radical (unpaired) electrons. The third-order valence-corrected chi connectivity index (χ3v) is 3.74. The number of hydrogen-bond donors (Lipinski definition) is 1. The zero-order chi connectivity index (χ0) is 13.1. The Morgan fingerprint density at radius 2 is 2.11 bits per heavy atom. The van der Waals surface area contributed by atoms with Crippen LogP contribution in [0.15, 0.2) is 24.3 Å². The minimum Gasteiger partial charge on any atom is -0.366 e. The highest BCUT2D eigenvalue weighted by Crippen LogP contribution is 2.24. The van der Waals surface area contributed by atoms with E-state index in [-0.39, 0.29) is 0 Å². The van der Waals surface area contributed by atoms with E-state index in [0.29, 0.717) is 18.5 Å². The molecule has 0 spiro atoms. The molecule has 2 rings (SSSR count). The lowest BCUT2D eigenvalue weighted by atomic mass is 10.1. The van der Waals surface area contributed by atoms with E-state index in [1.54, 1.807) is 0 Å². The van der Waals surface area contributed by atoms with Crippen LogP contribution >= 0.6 is 11.6 Å². The summed E-state index contributed by atoms with van der Waals surface area (Å²) in [5, 5.41) is 0.786. The Kier molecular flexibility index (Phi) is 4.49. The molecule has 1 heterocycles. The summed E-state index contributed by atoms with van der Waals surface area (Å²) in [4.78, 5) is 4.77. The van der Waals surface area contributed by atoms with Gasteiger partial charge in [0.2, 0.25) is 0 Å². The van der Waals surface area contributed by atoms with Crippen molar-refractivity contribution in [3.8, 4) is 0 Å². The summed E-state index contributed by atoms with van der Waals surface area (Å²) in [6.07, 6.45) is 0. The van der Waals surface area contributed by atoms with Crippen LogP contribution in [0.5, 0.6) is 0 Å². The maximum absolute atomic E-state index is 6.09. The lowest BCUT2D eigenvalue weighted by Gasteiger charge is -2.32. The van der Waals surface area contributed by atoms with Crippen LogP contribution in [0.3, 0.4) is 0 Å². The van der Waals surface area contributed by atoms with Gasteiger partial charge in [0.15, 0.2) is 0 Å². The summed E-state index contributed by atoms with van der Waals surface area (Å²) in [5.74, 6) is 0.630. The average Bonchev–Trinajstić information content (AvgIpc) is 2.47. The predicted octanol–water partition coefficient (Wildman–Crippen LogP) is 2.06. The largest absolute Gasteiger partial charge is 0.366 e. The van der Waals surface area contributed by atoms with Crippen molar-refractivity contribution in [2.75, 3.05) is 38.1 Å². The third kappa shape index (κ3) is 3.16. The average molecular weight is 268 g/mol. The van der Waals surface area contributed by atoms with Crippen LogP contribution < -0.4 is 10.6 Å². The summed E-state index contributed by atoms with van der Waals surface area (Å²) < 4.78 is 0. The lowest BCUT2D eigenvalue weighted by Crippen LogP contribution is -2.45. The molecule has 4 heteroatoms. The van der Waals surface area contributed by atoms with Crippen molar-refractivity contribution in [1.82, 2.24) is 4.90 Å². The first-order valence-electron chi connectivity index (χ1n) is 6.51. The Hall–Kier alpha value is -0.770. The molecular weight excluding hydrogens is 246 g/mol. The SMILES string of the molecule is CC1CN(C)CC(CN)N(c2cccc(Cl)c2)C1. The lowest BCUT2D eigenvalue weighted by molar-refractivity contribution is 0.304. The Morgan fingerprint density at radius 3 is 2.78 bits per heavy atom. The molecule has 1 saturated heterocycles. The molecule has 1 aliphatic heterocycles. The number of nitrogens with zero attached hydrogens (tertiary/aromatic N) is 2. The number of likely N-dealkylation sites (N-methyl/N-ethyl adjacent to an activating group) is 1. The van der Waals surface area contributed by atoms with E-state index in [2.05, 4.69) is 29.8 Å². The van der Waals surface area contributed by atoms with E-state index in [9.17, 15) is 0 Å². The van der Waals surface area contributed by atoms with Gasteiger partial charge in [-0.3, -0.25) is 0 Å². The third-order valence-electron chi connectivity index (χ3n) is 3.51. The van der Waals surface area contributed by atoms with Gasteiger partial charge in [-0.2, -0.15) is 0 Å². The maximum atomic E-state index is 6.09. The highest BCUT2D eigenvalue weighted by molar-refractivity contribution is 6.30. The Labute approximate surface area is 115 Å². The molecule has 1 aliphatic rings. The standard InChI is InChI=1S/C14H22ClN3/c1-11-8-17(2)10-14(7-16)18(9-11)13-5-3-4-12(15)6-13/h3-6,11,14H,7-10,16H2,1-2H3. The second-order valence-electron chi connectivity index (χ2n) is 5.35. The number of benzene rings is 1. The van der Waals surface area contributed by atoms with Crippen LogP contribution in [0, 0.1) is 5.92 Å². The van der Waals surface area contributed by atoms with Gasteiger partial charge in [-0.25, -0.2) is 0 Å². The Morgan fingerprint density at radius 1 is 1.33 bits per heavy atom. The molecule has 0 saturated carbocycles. The van der Waals surface area contributed by atoms with Gasteiger partial charge in [0.05, 0.1) is 6.04 Å². The fourth-order valence-electron chi connectivity index (χ4n) is 2.78. The molecule has 2 N–H and O–H groups in total. The Balaban J connectivity index is 2.27. The van der Waals surface area contributed by atoms with Crippen LogP contribution in [0.4, 0.5) is 5.69 Å². The van der Waals surface area contributed by atoms with E-state index in [0.717, 1.165) is 24.7 Å². The molecule has 3 nitrogen and oxygen atoms in total. The highest BCUT2D eigenvalue weighted by atomic mass is 35.5. The number of rotatable bonds is 2. The van der Waals surface area contributed by atoms with Crippen molar-refractivity contribution in [1.29, 1.82) is 0 Å². The van der Waals surface area contributed by atoms with E-state index >= 15 is 0 Å². The van der Waals surface area contributed by atoms with Gasteiger partial charge in [0.1, 0.15) is 0 Å². The summed E-state index contributed by atoms with van der Waals surface area (Å²) >= 11 is 6.09. The van der Waals surface area contributed by atoms with E-state index < -0.39 is 0 Å². The molecule has 100 valence electrons. The first kappa shape index (κ1) is 13.7. The van der Waals surface area contributed by atoms with Crippen LogP contribution in [0.1, 0.15) is 6.92 Å². The molecule has 0 amide bonds. The van der Waals surface area contributed by atoms with Crippen molar-refractivity contribution in [2.24, 2.45) is 11.7 Å². The molecule has 0 aromatic heterocycles. The molecule has 2 unspecified atom stereocenters. The van der Waals surface area contributed by atoms with Crippen LogP contribution in [0.2, 0.25) is 5.02 Å². The van der Waals surface area contributed by atoms with Gasteiger partial charge in [-0.05, 0) is 31.2 Å². The molecular formula is C14H22ClN3. The molecule has 0 bridgehead atoms. The molecule has 2 atom stereocenters. The first-order valence-corrected chi connectivity index (χ1v) is 6.88. The van der Waals surface area contributed by atoms with Gasteiger partial charge in [-0.1, -0.05) is 24.6 Å². The van der Waals surface area contributed by atoms with Gasteiger partial charge in [-0.15, -0.1) is 0 Å². The predicted molar refractivity (Wildman–Crippen MR) is 78.3 cm³/mol. The van der Waals surface area contributed by atoms with Crippen molar-refractivity contribution in [3.05, 3.63) is 29.3 Å². The first-order chi connectivity index (χ1) is 8.60. The molecule has 1 aromatic rings. The van der Waals surface area contributed by atoms with E-state index in [1.165, 1.54) is 5.69 Å². The number of hydrogen-bond acceptors (Lipinski definition) is 3. The summed E-state index contributed by atoms with van der Waals surface area (Å²) in [5.41, 5.74) is 7.13. The van der Waals surface area contributed by atoms with Crippen LogP contribution in [0.25, 0.3) is 0 Å². The van der Waals surface area contributed by atoms with Gasteiger partial charge in [0.25, 0.3) is 0 Å². The molecule has 0 aliphatic carbocycles. The smallest absolute Gasteiger partial charge is 0.0539 e. The maximum Gasteiger partial charge on any atom is 0.0539 e. The zero-order valence-corrected chi connectivity index (χ0v) is 11.9. The fraction of sp³-hybridized carbons (Fsp3) is 0.571. The second kappa shape index (κ2) is 5.91. The molecule has 18 heavy (non-hydrogen) atoms.